The average Bonchev–Trinajstić information content (AvgIpc) is 3.28. The van der Waals surface area contributed by atoms with Crippen LogP contribution in [0.2, 0.25) is 0 Å². The molecule has 1 saturated carbocycles. The number of nitrogens with one attached hydrogen (secondary N) is 2. The second-order valence-electron chi connectivity index (χ2n) is 7.95. The SMILES string of the molecule is Cn1nc(C(C)(C)C)cc1NC(=O)NCCc1noc(C2CCCC2)n1. The standard InChI is InChI=1S/C18H28N6O2/c1-18(2,3)13-11-15(24(4)22-13)21-17(25)19-10-9-14-20-16(26-23-14)12-7-5-6-8-12/h11-12H,5-10H2,1-4H3,(H2,19,21,25). The Bertz CT molecular complexity index is 752. The van der Waals surface area contributed by atoms with E-state index in [1.54, 1.807) is 4.68 Å². The highest BCUT2D eigenvalue weighted by Crippen LogP contribution is 2.32. The quantitative estimate of drug-likeness (QED) is 0.854. The highest BCUT2D eigenvalue weighted by atomic mass is 16.5. The molecule has 0 spiro atoms. The summed E-state index contributed by atoms with van der Waals surface area (Å²) in [5.41, 5.74) is 0.866. The van der Waals surface area contributed by atoms with Gasteiger partial charge in [-0.3, -0.25) is 10.00 Å². The predicted molar refractivity (Wildman–Crippen MR) is 98.1 cm³/mol. The predicted octanol–water partition coefficient (Wildman–Crippen LogP) is 3.12. The van der Waals surface area contributed by atoms with Gasteiger partial charge in [-0.05, 0) is 12.8 Å². The molecule has 1 fully saturated rings. The molecular formula is C18H28N6O2. The molecule has 0 bridgehead atoms. The van der Waals surface area contributed by atoms with Crippen molar-refractivity contribution >= 4 is 11.8 Å². The molecule has 0 unspecified atom stereocenters. The lowest BCUT2D eigenvalue weighted by Crippen LogP contribution is -2.31. The molecule has 142 valence electrons. The second kappa shape index (κ2) is 7.47. The Kier molecular flexibility index (Phi) is 5.29. The van der Waals surface area contributed by atoms with Crippen molar-refractivity contribution < 1.29 is 9.32 Å². The summed E-state index contributed by atoms with van der Waals surface area (Å²) >= 11 is 0. The summed E-state index contributed by atoms with van der Waals surface area (Å²) in [5, 5.41) is 14.1. The fraction of sp³-hybridized carbons (Fsp3) is 0.667. The number of aromatic nitrogens is 4. The van der Waals surface area contributed by atoms with Gasteiger partial charge in [-0.1, -0.05) is 38.8 Å². The molecule has 2 aromatic rings. The lowest BCUT2D eigenvalue weighted by molar-refractivity contribution is 0.252. The van der Waals surface area contributed by atoms with Gasteiger partial charge in [-0.2, -0.15) is 10.1 Å². The van der Waals surface area contributed by atoms with Crippen LogP contribution in [-0.4, -0.2) is 32.5 Å². The van der Waals surface area contributed by atoms with Crippen molar-refractivity contribution in [3.05, 3.63) is 23.5 Å². The van der Waals surface area contributed by atoms with E-state index in [2.05, 4.69) is 46.6 Å². The monoisotopic (exact) mass is 360 g/mol. The van der Waals surface area contributed by atoms with Crippen molar-refractivity contribution in [1.82, 2.24) is 25.2 Å². The van der Waals surface area contributed by atoms with Gasteiger partial charge in [0.05, 0.1) is 5.69 Å². The van der Waals surface area contributed by atoms with Gasteiger partial charge in [0, 0.05) is 37.4 Å². The molecule has 1 aliphatic rings. The van der Waals surface area contributed by atoms with Crippen LogP contribution >= 0.6 is 0 Å². The molecule has 26 heavy (non-hydrogen) atoms. The molecular weight excluding hydrogens is 332 g/mol. The fourth-order valence-electron chi connectivity index (χ4n) is 3.11. The minimum Gasteiger partial charge on any atom is -0.339 e. The van der Waals surface area contributed by atoms with Gasteiger partial charge >= 0.3 is 6.03 Å². The third kappa shape index (κ3) is 4.42. The van der Waals surface area contributed by atoms with Gasteiger partial charge in [0.2, 0.25) is 5.89 Å². The number of rotatable bonds is 5. The van der Waals surface area contributed by atoms with E-state index in [0.717, 1.165) is 24.4 Å². The zero-order valence-corrected chi connectivity index (χ0v) is 16.0. The number of hydrogen-bond donors (Lipinski definition) is 2. The maximum atomic E-state index is 12.1. The van der Waals surface area contributed by atoms with Gasteiger partial charge in [0.25, 0.3) is 0 Å². The summed E-state index contributed by atoms with van der Waals surface area (Å²) in [6.07, 6.45) is 5.26. The average molecular weight is 360 g/mol. The summed E-state index contributed by atoms with van der Waals surface area (Å²) in [7, 11) is 1.81. The van der Waals surface area contributed by atoms with E-state index < -0.39 is 0 Å². The van der Waals surface area contributed by atoms with Crippen molar-refractivity contribution in [2.24, 2.45) is 7.05 Å². The minimum absolute atomic E-state index is 0.0657. The Morgan fingerprint density at radius 1 is 1.35 bits per heavy atom. The summed E-state index contributed by atoms with van der Waals surface area (Å²) in [6.45, 7) is 6.71. The fourth-order valence-corrected chi connectivity index (χ4v) is 3.11. The largest absolute Gasteiger partial charge is 0.339 e. The van der Waals surface area contributed by atoms with Crippen LogP contribution in [0.1, 0.15) is 69.8 Å². The molecule has 2 heterocycles. The van der Waals surface area contributed by atoms with E-state index >= 15 is 0 Å². The Morgan fingerprint density at radius 2 is 2.08 bits per heavy atom. The topological polar surface area (TPSA) is 97.9 Å². The molecule has 0 aliphatic heterocycles. The number of hydrogen-bond acceptors (Lipinski definition) is 5. The van der Waals surface area contributed by atoms with Crippen molar-refractivity contribution in [1.29, 1.82) is 0 Å². The molecule has 0 atom stereocenters. The van der Waals surface area contributed by atoms with Gasteiger partial charge in [-0.15, -0.1) is 0 Å². The number of aryl methyl sites for hydroxylation is 1. The van der Waals surface area contributed by atoms with Gasteiger partial charge in [0.15, 0.2) is 5.82 Å². The van der Waals surface area contributed by atoms with Crippen LogP contribution < -0.4 is 10.6 Å². The number of anilines is 1. The Morgan fingerprint density at radius 3 is 2.73 bits per heavy atom. The maximum absolute atomic E-state index is 12.1. The number of nitrogens with zero attached hydrogens (tertiary/aromatic N) is 4. The zero-order chi connectivity index (χ0) is 18.7. The lowest BCUT2D eigenvalue weighted by Gasteiger charge is -2.13. The van der Waals surface area contributed by atoms with E-state index in [-0.39, 0.29) is 11.4 Å². The molecule has 8 nitrogen and oxygen atoms in total. The molecule has 2 aromatic heterocycles. The first-order valence-electron chi connectivity index (χ1n) is 9.25. The molecule has 0 saturated heterocycles. The van der Waals surface area contributed by atoms with Crippen LogP contribution in [0.3, 0.4) is 0 Å². The van der Waals surface area contributed by atoms with Crippen LogP contribution in [-0.2, 0) is 18.9 Å². The van der Waals surface area contributed by atoms with E-state index in [0.29, 0.717) is 30.5 Å². The Labute approximate surface area is 153 Å². The third-order valence-electron chi connectivity index (χ3n) is 4.71. The molecule has 3 rings (SSSR count). The van der Waals surface area contributed by atoms with Crippen LogP contribution in [0.15, 0.2) is 10.6 Å². The van der Waals surface area contributed by atoms with E-state index in [1.165, 1.54) is 12.8 Å². The summed E-state index contributed by atoms with van der Waals surface area (Å²) in [5.74, 6) is 2.46. The molecule has 2 N–H and O–H groups in total. The van der Waals surface area contributed by atoms with Crippen LogP contribution in [0, 0.1) is 0 Å². The number of amides is 2. The molecule has 2 amide bonds. The number of carbonyl (C=O) groups is 1. The Hall–Kier alpha value is -2.38. The minimum atomic E-state index is -0.270. The van der Waals surface area contributed by atoms with Crippen LogP contribution in [0.4, 0.5) is 10.6 Å². The third-order valence-corrected chi connectivity index (χ3v) is 4.71. The van der Waals surface area contributed by atoms with E-state index in [1.807, 2.05) is 13.1 Å². The number of urea groups is 1. The van der Waals surface area contributed by atoms with Crippen molar-refractivity contribution in [3.63, 3.8) is 0 Å². The molecule has 1 aliphatic carbocycles. The zero-order valence-electron chi connectivity index (χ0n) is 16.0. The van der Waals surface area contributed by atoms with Gasteiger partial charge < -0.3 is 9.84 Å². The first kappa shape index (κ1) is 18.4. The number of carbonyl (C=O) groups excluding carboxylic acids is 1. The highest BCUT2D eigenvalue weighted by Gasteiger charge is 2.23. The highest BCUT2D eigenvalue weighted by molar-refractivity contribution is 5.88. The summed E-state index contributed by atoms with van der Waals surface area (Å²) < 4.78 is 7.02. The van der Waals surface area contributed by atoms with E-state index in [9.17, 15) is 4.79 Å². The first-order chi connectivity index (χ1) is 12.3. The molecule has 0 radical (unpaired) electrons. The normalized spacial score (nSPS) is 15.4. The van der Waals surface area contributed by atoms with Crippen molar-refractivity contribution in [3.8, 4) is 0 Å². The summed E-state index contributed by atoms with van der Waals surface area (Å²) in [4.78, 5) is 16.6. The van der Waals surface area contributed by atoms with Crippen molar-refractivity contribution in [2.45, 2.75) is 64.2 Å². The molecule has 0 aromatic carbocycles. The smallest absolute Gasteiger partial charge is 0.320 e. The van der Waals surface area contributed by atoms with Gasteiger partial charge in [-0.25, -0.2) is 4.79 Å². The summed E-state index contributed by atoms with van der Waals surface area (Å²) in [6, 6.07) is 1.63. The Balaban J connectivity index is 1.46. The van der Waals surface area contributed by atoms with Crippen molar-refractivity contribution in [2.75, 3.05) is 11.9 Å². The van der Waals surface area contributed by atoms with Crippen LogP contribution in [0.25, 0.3) is 0 Å². The maximum Gasteiger partial charge on any atom is 0.320 e. The van der Waals surface area contributed by atoms with Crippen LogP contribution in [0.5, 0.6) is 0 Å². The second-order valence-corrected chi connectivity index (χ2v) is 7.95. The molecule has 8 heteroatoms. The first-order valence-corrected chi connectivity index (χ1v) is 9.25. The van der Waals surface area contributed by atoms with E-state index in [4.69, 9.17) is 4.52 Å². The lowest BCUT2D eigenvalue weighted by atomic mass is 9.92. The van der Waals surface area contributed by atoms with Gasteiger partial charge in [0.1, 0.15) is 5.82 Å².